The molecule has 0 saturated carbocycles. The normalized spacial score (nSPS) is 12.3. The monoisotopic (exact) mass is 296 g/mol. The number of rotatable bonds is 6. The number of hydrogen-bond donors (Lipinski definition) is 1. The second-order valence-corrected chi connectivity index (χ2v) is 6.05. The van der Waals surface area contributed by atoms with Crippen LogP contribution < -0.4 is 4.90 Å². The third kappa shape index (κ3) is 3.33. The van der Waals surface area contributed by atoms with Crippen LogP contribution in [0.2, 0.25) is 0 Å². The Bertz CT molecular complexity index is 537. The summed E-state index contributed by atoms with van der Waals surface area (Å²) < 4.78 is 0. The van der Waals surface area contributed by atoms with Crippen LogP contribution in [0, 0.1) is 5.92 Å². The highest BCUT2D eigenvalue weighted by atomic mass is 32.1. The molecule has 0 aliphatic carbocycles. The van der Waals surface area contributed by atoms with Gasteiger partial charge in [-0.15, -0.1) is 22.7 Å². The zero-order chi connectivity index (χ0) is 13.8. The van der Waals surface area contributed by atoms with Crippen molar-refractivity contribution in [1.29, 1.82) is 0 Å². The molecule has 0 amide bonds. The van der Waals surface area contributed by atoms with E-state index in [9.17, 15) is 4.79 Å². The molecule has 1 unspecified atom stereocenters. The van der Waals surface area contributed by atoms with Gasteiger partial charge in [0.2, 0.25) is 0 Å². The van der Waals surface area contributed by atoms with Crippen LogP contribution >= 0.6 is 22.7 Å². The Morgan fingerprint density at radius 3 is 2.89 bits per heavy atom. The van der Waals surface area contributed by atoms with Gasteiger partial charge in [-0.25, -0.2) is 4.98 Å². The van der Waals surface area contributed by atoms with Crippen LogP contribution in [-0.2, 0) is 4.79 Å². The fraction of sp³-hybridized carbons (Fsp3) is 0.385. The van der Waals surface area contributed by atoms with E-state index < -0.39 is 11.9 Å². The van der Waals surface area contributed by atoms with Crippen molar-refractivity contribution in [2.75, 3.05) is 18.0 Å². The van der Waals surface area contributed by atoms with Crippen molar-refractivity contribution in [2.24, 2.45) is 5.92 Å². The lowest BCUT2D eigenvalue weighted by atomic mass is 10.2. The van der Waals surface area contributed by atoms with Crippen LogP contribution in [0.25, 0.3) is 10.6 Å². The van der Waals surface area contributed by atoms with Gasteiger partial charge in [-0.3, -0.25) is 4.79 Å². The van der Waals surface area contributed by atoms with E-state index in [1.165, 1.54) is 0 Å². The van der Waals surface area contributed by atoms with E-state index in [-0.39, 0.29) is 0 Å². The van der Waals surface area contributed by atoms with Gasteiger partial charge in [0.05, 0.1) is 16.5 Å². The predicted molar refractivity (Wildman–Crippen MR) is 80.1 cm³/mol. The molecule has 2 heterocycles. The number of carbonyl (C=O) groups is 1. The fourth-order valence-electron chi connectivity index (χ4n) is 1.70. The first-order valence-electron chi connectivity index (χ1n) is 6.09. The van der Waals surface area contributed by atoms with Gasteiger partial charge in [0.25, 0.3) is 0 Å². The van der Waals surface area contributed by atoms with Gasteiger partial charge >= 0.3 is 5.97 Å². The first-order chi connectivity index (χ1) is 9.11. The van der Waals surface area contributed by atoms with Crippen molar-refractivity contribution >= 4 is 33.8 Å². The minimum Gasteiger partial charge on any atom is -0.481 e. The molecular weight excluding hydrogens is 280 g/mol. The molecule has 102 valence electrons. The molecule has 0 bridgehead atoms. The van der Waals surface area contributed by atoms with Crippen LogP contribution in [0.3, 0.4) is 0 Å². The van der Waals surface area contributed by atoms with Crippen molar-refractivity contribution in [2.45, 2.75) is 13.8 Å². The predicted octanol–water partition coefficient (Wildman–Crippen LogP) is 3.42. The lowest BCUT2D eigenvalue weighted by molar-refractivity contribution is -0.140. The van der Waals surface area contributed by atoms with Gasteiger partial charge in [0.15, 0.2) is 5.13 Å². The van der Waals surface area contributed by atoms with Crippen molar-refractivity contribution in [3.05, 3.63) is 22.9 Å². The summed E-state index contributed by atoms with van der Waals surface area (Å²) in [6.45, 7) is 4.98. The van der Waals surface area contributed by atoms with E-state index >= 15 is 0 Å². The summed E-state index contributed by atoms with van der Waals surface area (Å²) in [4.78, 5) is 18.7. The molecular formula is C13H16N2O2S2. The Balaban J connectivity index is 2.13. The summed E-state index contributed by atoms with van der Waals surface area (Å²) in [5.74, 6) is -1.16. The average Bonchev–Trinajstić information content (AvgIpc) is 3.05. The number of aromatic nitrogens is 1. The largest absolute Gasteiger partial charge is 0.481 e. The molecule has 1 N–H and O–H groups in total. The number of carboxylic acid groups (broad SMARTS) is 1. The molecule has 6 heteroatoms. The van der Waals surface area contributed by atoms with Gasteiger partial charge < -0.3 is 10.0 Å². The summed E-state index contributed by atoms with van der Waals surface area (Å²) in [6, 6.07) is 4.04. The topological polar surface area (TPSA) is 53.4 Å². The molecule has 0 aliphatic rings. The van der Waals surface area contributed by atoms with E-state index in [1.807, 2.05) is 34.7 Å². The minimum atomic E-state index is -0.770. The zero-order valence-corrected chi connectivity index (χ0v) is 12.5. The third-order valence-corrected chi connectivity index (χ3v) is 4.63. The Kier molecular flexibility index (Phi) is 4.55. The number of hydrogen-bond acceptors (Lipinski definition) is 5. The molecule has 2 aromatic heterocycles. The average molecular weight is 296 g/mol. The number of aliphatic carboxylic acids is 1. The number of thiophene rings is 1. The summed E-state index contributed by atoms with van der Waals surface area (Å²) >= 11 is 3.22. The summed E-state index contributed by atoms with van der Waals surface area (Å²) in [5.41, 5.74) is 0.969. The quantitative estimate of drug-likeness (QED) is 0.887. The lowest BCUT2D eigenvalue weighted by Gasteiger charge is -2.21. The highest BCUT2D eigenvalue weighted by Crippen LogP contribution is 2.30. The first kappa shape index (κ1) is 14.0. The molecule has 2 aromatic rings. The maximum Gasteiger partial charge on any atom is 0.308 e. The van der Waals surface area contributed by atoms with Gasteiger partial charge in [-0.2, -0.15) is 0 Å². The number of anilines is 1. The minimum absolute atomic E-state index is 0.394. The van der Waals surface area contributed by atoms with Crippen LogP contribution in [0.15, 0.2) is 22.9 Å². The van der Waals surface area contributed by atoms with E-state index in [4.69, 9.17) is 5.11 Å². The molecule has 4 nitrogen and oxygen atoms in total. The zero-order valence-electron chi connectivity index (χ0n) is 10.9. The molecule has 2 rings (SSSR count). The second-order valence-electron chi connectivity index (χ2n) is 4.27. The number of thiazole rings is 1. The summed E-state index contributed by atoms with van der Waals surface area (Å²) in [6.07, 6.45) is 0. The van der Waals surface area contributed by atoms with E-state index in [0.29, 0.717) is 6.54 Å². The molecule has 0 fully saturated rings. The molecule has 0 aliphatic heterocycles. The number of carboxylic acids is 1. The summed E-state index contributed by atoms with van der Waals surface area (Å²) in [7, 11) is 0. The van der Waals surface area contributed by atoms with E-state index in [2.05, 4.69) is 4.98 Å². The Morgan fingerprint density at radius 1 is 1.53 bits per heavy atom. The van der Waals surface area contributed by atoms with Gasteiger partial charge in [-0.05, 0) is 18.4 Å². The van der Waals surface area contributed by atoms with Crippen molar-refractivity contribution in [3.8, 4) is 10.6 Å². The van der Waals surface area contributed by atoms with Gasteiger partial charge in [0.1, 0.15) is 0 Å². The molecule has 19 heavy (non-hydrogen) atoms. The maximum atomic E-state index is 10.9. The SMILES string of the molecule is CCN(CC(C)C(=O)O)c1nc(-c2cccs2)cs1. The fourth-order valence-corrected chi connectivity index (χ4v) is 3.36. The highest BCUT2D eigenvalue weighted by molar-refractivity contribution is 7.16. The van der Waals surface area contributed by atoms with Crippen molar-refractivity contribution in [3.63, 3.8) is 0 Å². The van der Waals surface area contributed by atoms with Gasteiger partial charge in [-0.1, -0.05) is 13.0 Å². The van der Waals surface area contributed by atoms with Crippen molar-refractivity contribution < 1.29 is 9.90 Å². The van der Waals surface area contributed by atoms with Crippen LogP contribution in [0.5, 0.6) is 0 Å². The first-order valence-corrected chi connectivity index (χ1v) is 7.85. The molecule has 0 spiro atoms. The Hall–Kier alpha value is -1.40. The van der Waals surface area contributed by atoms with Crippen LogP contribution in [0.4, 0.5) is 5.13 Å². The Morgan fingerprint density at radius 2 is 2.32 bits per heavy atom. The number of nitrogens with zero attached hydrogens (tertiary/aromatic N) is 2. The third-order valence-electron chi connectivity index (χ3n) is 2.83. The Labute approximate surface area is 120 Å². The van der Waals surface area contributed by atoms with E-state index in [0.717, 1.165) is 22.2 Å². The molecule has 1 atom stereocenters. The molecule has 0 saturated heterocycles. The maximum absolute atomic E-state index is 10.9. The highest BCUT2D eigenvalue weighted by Gasteiger charge is 2.18. The molecule has 0 aromatic carbocycles. The van der Waals surface area contributed by atoms with Crippen LogP contribution in [0.1, 0.15) is 13.8 Å². The van der Waals surface area contributed by atoms with Crippen LogP contribution in [-0.4, -0.2) is 29.1 Å². The molecule has 0 radical (unpaired) electrons. The smallest absolute Gasteiger partial charge is 0.308 e. The lowest BCUT2D eigenvalue weighted by Crippen LogP contribution is -2.31. The summed E-state index contributed by atoms with van der Waals surface area (Å²) in [5, 5.41) is 13.9. The standard InChI is InChI=1S/C13H16N2O2S2/c1-3-15(7-9(2)12(16)17)13-14-10(8-19-13)11-5-4-6-18-11/h4-6,8-9H,3,7H2,1-2H3,(H,16,17). The van der Waals surface area contributed by atoms with Gasteiger partial charge in [0, 0.05) is 18.5 Å². The second kappa shape index (κ2) is 6.16. The van der Waals surface area contributed by atoms with E-state index in [1.54, 1.807) is 29.6 Å². The van der Waals surface area contributed by atoms with Crippen molar-refractivity contribution in [1.82, 2.24) is 4.98 Å².